The second kappa shape index (κ2) is 14.1. The fraction of sp³-hybridized carbons (Fsp3) is 0.273. The summed E-state index contributed by atoms with van der Waals surface area (Å²) in [5.41, 5.74) is 3.36. The Morgan fingerprint density at radius 2 is 1.64 bits per heavy atom. The van der Waals surface area contributed by atoms with Crippen molar-refractivity contribution < 1.29 is 28.7 Å². The van der Waals surface area contributed by atoms with Crippen LogP contribution in [0.2, 0.25) is 0 Å². The number of para-hydroxylation sites is 2. The third-order valence-electron chi connectivity index (χ3n) is 7.26. The van der Waals surface area contributed by atoms with Crippen LogP contribution in [0.4, 0.5) is 16.2 Å². The molecule has 2 heterocycles. The Balaban J connectivity index is 1.18. The molecule has 0 aromatic heterocycles. The number of hydrogen-bond acceptors (Lipinski definition) is 8. The van der Waals surface area contributed by atoms with Crippen LogP contribution in [0.1, 0.15) is 18.1 Å². The number of anilines is 2. The smallest absolute Gasteiger partial charge is 0.294 e. The Morgan fingerprint density at radius 3 is 2.36 bits per heavy atom. The van der Waals surface area contributed by atoms with Gasteiger partial charge in [-0.3, -0.25) is 24.1 Å². The molecule has 2 aliphatic heterocycles. The number of amides is 4. The summed E-state index contributed by atoms with van der Waals surface area (Å²) in [6.07, 6.45) is 1.59. The molecule has 0 atom stereocenters. The molecule has 0 saturated carbocycles. The summed E-state index contributed by atoms with van der Waals surface area (Å²) in [5, 5.41) is 2.34. The number of imide groups is 1. The van der Waals surface area contributed by atoms with Crippen molar-refractivity contribution in [2.24, 2.45) is 0 Å². The molecule has 0 radical (unpaired) electrons. The number of rotatable bonds is 10. The third-order valence-corrected chi connectivity index (χ3v) is 8.17. The SMILES string of the molecule is CCOc1cc(/C=C2\SC(=O)N(CC(=O)N3CCN(c4ccccc4)CC3)C2=O)ccc1OCC(=O)Nc1ccccc1C. The average molecular weight is 615 g/mol. The van der Waals surface area contributed by atoms with Crippen molar-refractivity contribution in [2.45, 2.75) is 13.8 Å². The first kappa shape index (κ1) is 30.7. The number of ether oxygens (including phenoxy) is 2. The Labute approximate surface area is 260 Å². The maximum Gasteiger partial charge on any atom is 0.294 e. The van der Waals surface area contributed by atoms with Crippen LogP contribution >= 0.6 is 11.8 Å². The molecule has 44 heavy (non-hydrogen) atoms. The number of carbonyl (C=O) groups is 4. The van der Waals surface area contributed by atoms with Crippen LogP contribution in [-0.4, -0.2) is 78.7 Å². The summed E-state index contributed by atoms with van der Waals surface area (Å²) in [6.45, 7) is 5.95. The molecule has 3 aromatic carbocycles. The molecule has 10 nitrogen and oxygen atoms in total. The van der Waals surface area contributed by atoms with Crippen LogP contribution in [0, 0.1) is 6.92 Å². The van der Waals surface area contributed by atoms with Gasteiger partial charge in [-0.05, 0) is 73.1 Å². The monoisotopic (exact) mass is 614 g/mol. The number of nitrogens with zero attached hydrogens (tertiary/aromatic N) is 3. The Morgan fingerprint density at radius 1 is 0.909 bits per heavy atom. The van der Waals surface area contributed by atoms with E-state index >= 15 is 0 Å². The van der Waals surface area contributed by atoms with Gasteiger partial charge in [-0.1, -0.05) is 42.5 Å². The van der Waals surface area contributed by atoms with Crippen molar-refractivity contribution in [1.82, 2.24) is 9.80 Å². The van der Waals surface area contributed by atoms with Gasteiger partial charge >= 0.3 is 0 Å². The highest BCUT2D eigenvalue weighted by Gasteiger charge is 2.37. The molecule has 2 fully saturated rings. The minimum absolute atomic E-state index is 0.213. The number of hydrogen-bond donors (Lipinski definition) is 1. The quantitative estimate of drug-likeness (QED) is 0.325. The van der Waals surface area contributed by atoms with E-state index in [1.54, 1.807) is 29.2 Å². The lowest BCUT2D eigenvalue weighted by Crippen LogP contribution is -2.51. The van der Waals surface area contributed by atoms with E-state index in [-0.39, 0.29) is 29.9 Å². The number of nitrogens with one attached hydrogen (secondary N) is 1. The van der Waals surface area contributed by atoms with Crippen molar-refractivity contribution in [2.75, 3.05) is 56.2 Å². The topological polar surface area (TPSA) is 108 Å². The molecule has 0 aliphatic carbocycles. The summed E-state index contributed by atoms with van der Waals surface area (Å²) in [7, 11) is 0. The highest BCUT2D eigenvalue weighted by molar-refractivity contribution is 8.18. The zero-order valence-electron chi connectivity index (χ0n) is 24.7. The van der Waals surface area contributed by atoms with Crippen LogP contribution in [0.3, 0.4) is 0 Å². The first-order valence-corrected chi connectivity index (χ1v) is 15.2. The molecular formula is C33H34N4O6S. The van der Waals surface area contributed by atoms with Gasteiger partial charge in [0.25, 0.3) is 17.1 Å². The molecule has 3 aromatic rings. The van der Waals surface area contributed by atoms with E-state index in [0.717, 1.165) is 27.9 Å². The molecule has 5 rings (SSSR count). The van der Waals surface area contributed by atoms with Gasteiger partial charge in [0.05, 0.1) is 11.5 Å². The second-order valence-electron chi connectivity index (χ2n) is 10.3. The maximum absolute atomic E-state index is 13.1. The summed E-state index contributed by atoms with van der Waals surface area (Å²) in [5.74, 6) is -0.314. The van der Waals surface area contributed by atoms with E-state index in [9.17, 15) is 19.2 Å². The number of aryl methyl sites for hydroxylation is 1. The van der Waals surface area contributed by atoms with Crippen LogP contribution < -0.4 is 19.7 Å². The molecule has 1 N–H and O–H groups in total. The molecule has 11 heteroatoms. The van der Waals surface area contributed by atoms with Gasteiger partial charge in [-0.25, -0.2) is 0 Å². The lowest BCUT2D eigenvalue weighted by molar-refractivity contribution is -0.136. The normalized spacial score (nSPS) is 16.0. The summed E-state index contributed by atoms with van der Waals surface area (Å²) in [6, 6.07) is 22.5. The lowest BCUT2D eigenvalue weighted by atomic mass is 10.2. The van der Waals surface area contributed by atoms with Crippen LogP contribution in [-0.2, 0) is 14.4 Å². The molecular weight excluding hydrogens is 580 g/mol. The van der Waals surface area contributed by atoms with Gasteiger partial charge in [0, 0.05) is 37.6 Å². The third kappa shape index (κ3) is 7.41. The minimum atomic E-state index is -0.512. The summed E-state index contributed by atoms with van der Waals surface area (Å²) in [4.78, 5) is 56.5. The minimum Gasteiger partial charge on any atom is -0.490 e. The molecule has 4 amide bonds. The standard InChI is InChI=1S/C33H34N4O6S/c1-3-42-28-19-24(13-14-27(28)43-22-30(38)34-26-12-8-7-9-23(26)2)20-29-32(40)37(33(41)44-29)21-31(39)36-17-15-35(16-18-36)25-10-5-4-6-11-25/h4-14,19-20H,3,15-18,21-22H2,1-2H3,(H,34,38)/b29-20-. The van der Waals surface area contributed by atoms with E-state index in [4.69, 9.17) is 9.47 Å². The van der Waals surface area contributed by atoms with Gasteiger partial charge in [-0.2, -0.15) is 0 Å². The molecule has 2 saturated heterocycles. The van der Waals surface area contributed by atoms with Crippen molar-refractivity contribution in [1.29, 1.82) is 0 Å². The number of thioether (sulfide) groups is 1. The fourth-order valence-corrected chi connectivity index (χ4v) is 5.76. The number of benzene rings is 3. The zero-order valence-corrected chi connectivity index (χ0v) is 25.5. The first-order valence-electron chi connectivity index (χ1n) is 14.4. The number of piperazine rings is 1. The highest BCUT2D eigenvalue weighted by Crippen LogP contribution is 2.35. The highest BCUT2D eigenvalue weighted by atomic mass is 32.2. The van der Waals surface area contributed by atoms with Crippen LogP contribution in [0.5, 0.6) is 11.5 Å². The van der Waals surface area contributed by atoms with Gasteiger partial charge < -0.3 is 24.6 Å². The summed E-state index contributed by atoms with van der Waals surface area (Å²) < 4.78 is 11.5. The van der Waals surface area contributed by atoms with Crippen molar-refractivity contribution in [3.63, 3.8) is 0 Å². The van der Waals surface area contributed by atoms with E-state index in [2.05, 4.69) is 10.2 Å². The zero-order chi connectivity index (χ0) is 31.1. The second-order valence-corrected chi connectivity index (χ2v) is 11.3. The van der Waals surface area contributed by atoms with E-state index < -0.39 is 11.1 Å². The first-order chi connectivity index (χ1) is 21.3. The molecule has 2 aliphatic rings. The van der Waals surface area contributed by atoms with Gasteiger partial charge in [-0.15, -0.1) is 0 Å². The number of carbonyl (C=O) groups excluding carboxylic acids is 4. The van der Waals surface area contributed by atoms with Crippen molar-refractivity contribution in [3.8, 4) is 11.5 Å². The van der Waals surface area contributed by atoms with E-state index in [1.165, 1.54) is 0 Å². The molecule has 0 unspecified atom stereocenters. The van der Waals surface area contributed by atoms with E-state index in [0.29, 0.717) is 55.5 Å². The maximum atomic E-state index is 13.1. The Bertz CT molecular complexity index is 1570. The molecule has 0 bridgehead atoms. The van der Waals surface area contributed by atoms with Gasteiger partial charge in [0.2, 0.25) is 5.91 Å². The van der Waals surface area contributed by atoms with Crippen LogP contribution in [0.15, 0.2) is 77.7 Å². The van der Waals surface area contributed by atoms with Gasteiger partial charge in [0.15, 0.2) is 18.1 Å². The molecule has 228 valence electrons. The van der Waals surface area contributed by atoms with E-state index in [1.807, 2.05) is 68.4 Å². The largest absolute Gasteiger partial charge is 0.490 e. The van der Waals surface area contributed by atoms with Crippen molar-refractivity contribution >= 4 is 52.2 Å². The Kier molecular flexibility index (Phi) is 9.86. The van der Waals surface area contributed by atoms with Crippen LogP contribution in [0.25, 0.3) is 6.08 Å². The van der Waals surface area contributed by atoms with Crippen molar-refractivity contribution in [3.05, 3.63) is 88.8 Å². The van der Waals surface area contributed by atoms with Gasteiger partial charge in [0.1, 0.15) is 6.54 Å². The molecule has 0 spiro atoms. The fourth-order valence-electron chi connectivity index (χ4n) is 4.92. The lowest BCUT2D eigenvalue weighted by Gasteiger charge is -2.36. The average Bonchev–Trinajstić information content (AvgIpc) is 3.29. The summed E-state index contributed by atoms with van der Waals surface area (Å²) >= 11 is 0.797. The predicted molar refractivity (Wildman–Crippen MR) is 171 cm³/mol. The Hall–Kier alpha value is -4.77. The predicted octanol–water partition coefficient (Wildman–Crippen LogP) is 4.80.